The van der Waals surface area contributed by atoms with Crippen molar-refractivity contribution in [1.29, 1.82) is 0 Å². The first-order chi connectivity index (χ1) is 12.5. The minimum absolute atomic E-state index is 0.232. The van der Waals surface area contributed by atoms with Gasteiger partial charge in [0.25, 0.3) is 0 Å². The van der Waals surface area contributed by atoms with Crippen LogP contribution in [0.4, 0.5) is 4.79 Å². The number of H-pyrrole nitrogens is 1. The summed E-state index contributed by atoms with van der Waals surface area (Å²) in [4.78, 5) is 34.4. The van der Waals surface area contributed by atoms with Crippen LogP contribution in [0.15, 0.2) is 0 Å². The number of amides is 2. The summed E-state index contributed by atoms with van der Waals surface area (Å²) in [6, 6.07) is -1.31. The molecule has 1 aliphatic heterocycles. The molecule has 1 fully saturated rings. The lowest BCUT2D eigenvalue weighted by Gasteiger charge is -2.31. The summed E-state index contributed by atoms with van der Waals surface area (Å²) in [5.74, 6) is -0.298. The molecule has 2 heterocycles. The van der Waals surface area contributed by atoms with Gasteiger partial charge in [0.2, 0.25) is 5.91 Å². The molecule has 3 unspecified atom stereocenters. The number of hydrogen-bond donors (Lipinski definition) is 4. The van der Waals surface area contributed by atoms with Gasteiger partial charge in [0.05, 0.1) is 11.7 Å². The maximum Gasteiger partial charge on any atom is 0.408 e. The van der Waals surface area contributed by atoms with Gasteiger partial charge < -0.3 is 30.8 Å². The Morgan fingerprint density at radius 2 is 2.15 bits per heavy atom. The standard InChI is InChI=1S/C16H25I2N5O4/c1-16(2,3)27-15(26)21-9(7-8-11(17)22-14(18)20-8)13(25)23-6-4-5-10(23)12(19)24/h9-10,12,24H,4-7,19H2,1-3H3,(H,20,22)(H,21,26). The van der Waals surface area contributed by atoms with Gasteiger partial charge in [0, 0.05) is 13.0 Å². The predicted molar refractivity (Wildman–Crippen MR) is 116 cm³/mol. The number of aromatic nitrogens is 2. The molecule has 5 N–H and O–H groups in total. The Morgan fingerprint density at radius 1 is 1.48 bits per heavy atom. The molecular formula is C16H25I2N5O4. The monoisotopic (exact) mass is 605 g/mol. The van der Waals surface area contributed by atoms with Crippen molar-refractivity contribution < 1.29 is 19.4 Å². The number of aliphatic hydroxyl groups excluding tert-OH is 1. The van der Waals surface area contributed by atoms with E-state index in [0.29, 0.717) is 16.8 Å². The topological polar surface area (TPSA) is 134 Å². The molecule has 1 aromatic heterocycles. The molecule has 1 saturated heterocycles. The van der Waals surface area contributed by atoms with Gasteiger partial charge in [-0.2, -0.15) is 0 Å². The third kappa shape index (κ3) is 6.42. The molecule has 2 rings (SSSR count). The first kappa shape index (κ1) is 22.6. The molecule has 11 heteroatoms. The average molecular weight is 605 g/mol. The Hall–Kier alpha value is -0.670. The van der Waals surface area contributed by atoms with Crippen molar-refractivity contribution in [3.63, 3.8) is 0 Å². The molecule has 152 valence electrons. The highest BCUT2D eigenvalue weighted by Crippen LogP contribution is 2.21. The Bertz CT molecular complexity index is 689. The Kier molecular flexibility index (Phi) is 7.72. The molecule has 0 saturated carbocycles. The van der Waals surface area contributed by atoms with Crippen molar-refractivity contribution in [3.8, 4) is 0 Å². The maximum atomic E-state index is 13.1. The number of halogens is 2. The van der Waals surface area contributed by atoms with Gasteiger partial charge in [0.15, 0.2) is 3.83 Å². The van der Waals surface area contributed by atoms with Crippen LogP contribution in [0.1, 0.15) is 39.3 Å². The van der Waals surface area contributed by atoms with Crippen LogP contribution in [0.5, 0.6) is 0 Å². The van der Waals surface area contributed by atoms with Crippen LogP contribution in [0.2, 0.25) is 0 Å². The zero-order valence-electron chi connectivity index (χ0n) is 15.5. The number of hydrogen-bond acceptors (Lipinski definition) is 6. The van der Waals surface area contributed by atoms with E-state index in [4.69, 9.17) is 10.5 Å². The molecule has 1 aromatic rings. The summed E-state index contributed by atoms with van der Waals surface area (Å²) in [6.07, 6.45) is -0.178. The number of nitrogens with two attached hydrogens (primary N) is 1. The van der Waals surface area contributed by atoms with Crippen molar-refractivity contribution >= 4 is 57.2 Å². The van der Waals surface area contributed by atoms with Crippen LogP contribution in [-0.4, -0.2) is 62.4 Å². The highest BCUT2D eigenvalue weighted by atomic mass is 127. The van der Waals surface area contributed by atoms with E-state index in [-0.39, 0.29) is 12.3 Å². The van der Waals surface area contributed by atoms with Crippen molar-refractivity contribution in [2.24, 2.45) is 5.73 Å². The largest absolute Gasteiger partial charge is 0.444 e. The van der Waals surface area contributed by atoms with E-state index in [1.54, 1.807) is 25.7 Å². The van der Waals surface area contributed by atoms with E-state index >= 15 is 0 Å². The smallest absolute Gasteiger partial charge is 0.408 e. The van der Waals surface area contributed by atoms with Crippen LogP contribution in [-0.2, 0) is 16.0 Å². The molecule has 0 radical (unpaired) electrons. The van der Waals surface area contributed by atoms with Crippen LogP contribution < -0.4 is 11.1 Å². The van der Waals surface area contributed by atoms with Crippen LogP contribution in [0, 0.1) is 7.53 Å². The Morgan fingerprint density at radius 3 is 2.67 bits per heavy atom. The van der Waals surface area contributed by atoms with E-state index in [1.807, 2.05) is 0 Å². The fourth-order valence-electron chi connectivity index (χ4n) is 2.97. The van der Waals surface area contributed by atoms with Gasteiger partial charge in [-0.25, -0.2) is 9.78 Å². The van der Waals surface area contributed by atoms with Gasteiger partial charge in [-0.15, -0.1) is 0 Å². The lowest BCUT2D eigenvalue weighted by molar-refractivity contribution is -0.136. The Labute approximate surface area is 185 Å². The van der Waals surface area contributed by atoms with Crippen LogP contribution in [0.3, 0.4) is 0 Å². The molecule has 0 aromatic carbocycles. The van der Waals surface area contributed by atoms with Gasteiger partial charge in [-0.1, -0.05) is 0 Å². The number of imidazole rings is 1. The fourth-order valence-corrected chi connectivity index (χ4v) is 4.59. The summed E-state index contributed by atoms with van der Waals surface area (Å²) in [5.41, 5.74) is 5.69. The third-order valence-corrected chi connectivity index (χ3v) is 5.48. The van der Waals surface area contributed by atoms with Crippen LogP contribution in [0.25, 0.3) is 0 Å². The second kappa shape index (κ2) is 9.22. The normalized spacial score (nSPS) is 19.7. The number of carbonyl (C=O) groups excluding carboxylic acids is 2. The SMILES string of the molecule is CC(C)(C)OC(=O)NC(Cc1[nH]c(I)nc1I)C(=O)N1CCCC1C(N)O. The molecule has 0 aliphatic carbocycles. The summed E-state index contributed by atoms with van der Waals surface area (Å²) in [5, 5.41) is 12.4. The van der Waals surface area contributed by atoms with E-state index in [9.17, 15) is 14.7 Å². The van der Waals surface area contributed by atoms with Crippen LogP contribution >= 0.6 is 45.2 Å². The van der Waals surface area contributed by atoms with E-state index in [1.165, 1.54) is 0 Å². The van der Waals surface area contributed by atoms with E-state index in [2.05, 4.69) is 60.5 Å². The first-order valence-corrected chi connectivity index (χ1v) is 10.8. The minimum Gasteiger partial charge on any atom is -0.444 e. The van der Waals surface area contributed by atoms with Crippen molar-refractivity contribution in [1.82, 2.24) is 20.2 Å². The van der Waals surface area contributed by atoms with Gasteiger partial charge in [0.1, 0.15) is 21.6 Å². The number of nitrogens with zero attached hydrogens (tertiary/aromatic N) is 2. The van der Waals surface area contributed by atoms with Gasteiger partial charge in [-0.05, 0) is 78.8 Å². The van der Waals surface area contributed by atoms with E-state index < -0.39 is 30.0 Å². The van der Waals surface area contributed by atoms with E-state index in [0.717, 1.165) is 15.8 Å². The summed E-state index contributed by atoms with van der Waals surface area (Å²) < 4.78 is 6.74. The highest BCUT2D eigenvalue weighted by Gasteiger charge is 2.37. The zero-order chi connectivity index (χ0) is 20.4. The molecular weight excluding hydrogens is 580 g/mol. The lowest BCUT2D eigenvalue weighted by Crippen LogP contribution is -2.55. The summed E-state index contributed by atoms with van der Waals surface area (Å²) >= 11 is 4.14. The fraction of sp³-hybridized carbons (Fsp3) is 0.688. The second-order valence-electron chi connectivity index (χ2n) is 7.43. The molecule has 27 heavy (non-hydrogen) atoms. The maximum absolute atomic E-state index is 13.1. The number of nitrogens with one attached hydrogen (secondary N) is 2. The highest BCUT2D eigenvalue weighted by molar-refractivity contribution is 14.1. The van der Waals surface area contributed by atoms with Crippen molar-refractivity contribution in [3.05, 3.63) is 13.2 Å². The average Bonchev–Trinajstić information content (AvgIpc) is 3.11. The quantitative estimate of drug-likeness (QED) is 0.296. The molecule has 0 spiro atoms. The molecule has 3 atom stereocenters. The zero-order valence-corrected chi connectivity index (χ0v) is 19.8. The number of alkyl carbamates (subject to hydrolysis) is 1. The Balaban J connectivity index is 2.21. The molecule has 9 nitrogen and oxygen atoms in total. The van der Waals surface area contributed by atoms with Gasteiger partial charge in [-0.3, -0.25) is 4.79 Å². The summed E-state index contributed by atoms with van der Waals surface area (Å²) in [7, 11) is 0. The molecule has 0 bridgehead atoms. The summed E-state index contributed by atoms with van der Waals surface area (Å²) in [6.45, 7) is 5.75. The number of aromatic amines is 1. The predicted octanol–water partition coefficient (Wildman–Crippen LogP) is 1.32. The third-order valence-electron chi connectivity index (χ3n) is 4.07. The number of likely N-dealkylation sites (tertiary alicyclic amines) is 1. The molecule has 2 amide bonds. The number of rotatable bonds is 5. The molecule has 1 aliphatic rings. The number of ether oxygens (including phenoxy) is 1. The number of aliphatic hydroxyl groups is 1. The first-order valence-electron chi connectivity index (χ1n) is 8.61. The number of carbonyl (C=O) groups is 2. The van der Waals surface area contributed by atoms with Gasteiger partial charge >= 0.3 is 6.09 Å². The second-order valence-corrected chi connectivity index (χ2v) is 9.48. The van der Waals surface area contributed by atoms with Crippen molar-refractivity contribution in [2.75, 3.05) is 6.54 Å². The minimum atomic E-state index is -1.12. The van der Waals surface area contributed by atoms with Crippen molar-refractivity contribution in [2.45, 2.75) is 63.9 Å². The lowest BCUT2D eigenvalue weighted by atomic mass is 10.1.